The molecule has 1 saturated heterocycles. The van der Waals surface area contributed by atoms with Crippen LogP contribution in [0.15, 0.2) is 24.5 Å². The highest BCUT2D eigenvalue weighted by molar-refractivity contribution is 5.49. The number of nitrogens with one attached hydrogen (secondary N) is 1. The van der Waals surface area contributed by atoms with Gasteiger partial charge in [0.05, 0.1) is 0 Å². The van der Waals surface area contributed by atoms with Gasteiger partial charge in [0.15, 0.2) is 0 Å². The first kappa shape index (κ1) is 13.4. The minimum Gasteiger partial charge on any atom is -0.396 e. The van der Waals surface area contributed by atoms with Crippen LogP contribution in [0.2, 0.25) is 0 Å². The third-order valence-electron chi connectivity index (χ3n) is 4.11. The molecule has 20 heavy (non-hydrogen) atoms. The van der Waals surface area contributed by atoms with Crippen LogP contribution in [0.5, 0.6) is 0 Å². The lowest BCUT2D eigenvalue weighted by atomic mass is 9.99. The quantitative estimate of drug-likeness (QED) is 0.820. The number of anilines is 2. The van der Waals surface area contributed by atoms with E-state index in [9.17, 15) is 5.11 Å². The normalized spacial score (nSPS) is 23.2. The average Bonchev–Trinajstić information content (AvgIpc) is 3.00. The maximum atomic E-state index is 9.32. The molecule has 0 radical (unpaired) electrons. The van der Waals surface area contributed by atoms with Crippen LogP contribution in [0, 0.1) is 5.92 Å². The summed E-state index contributed by atoms with van der Waals surface area (Å²) >= 11 is 0. The number of aromatic nitrogens is 2. The van der Waals surface area contributed by atoms with E-state index in [-0.39, 0.29) is 6.61 Å². The second kappa shape index (κ2) is 6.22. The van der Waals surface area contributed by atoms with Gasteiger partial charge in [-0.05, 0) is 31.6 Å². The Hall–Kier alpha value is -1.62. The second-order valence-electron chi connectivity index (χ2n) is 5.68. The molecule has 2 aliphatic rings. The van der Waals surface area contributed by atoms with Crippen molar-refractivity contribution in [1.29, 1.82) is 0 Å². The third kappa shape index (κ3) is 3.10. The molecule has 1 aliphatic heterocycles. The molecular formula is C15H22N4O. The summed E-state index contributed by atoms with van der Waals surface area (Å²) in [5.41, 5.74) is 0. The molecule has 1 aliphatic carbocycles. The Labute approximate surface area is 119 Å². The molecule has 0 bridgehead atoms. The Morgan fingerprint density at radius 2 is 2.15 bits per heavy atom. The summed E-state index contributed by atoms with van der Waals surface area (Å²) in [6.45, 7) is 2.16. The molecule has 1 unspecified atom stereocenters. The van der Waals surface area contributed by atoms with E-state index in [1.807, 2.05) is 6.07 Å². The molecule has 5 nitrogen and oxygen atoms in total. The van der Waals surface area contributed by atoms with Crippen LogP contribution in [-0.2, 0) is 0 Å². The van der Waals surface area contributed by atoms with Crippen LogP contribution in [0.4, 0.5) is 11.6 Å². The fraction of sp³-hybridized carbons (Fsp3) is 0.600. The summed E-state index contributed by atoms with van der Waals surface area (Å²) in [7, 11) is 0. The van der Waals surface area contributed by atoms with Gasteiger partial charge in [-0.3, -0.25) is 0 Å². The Morgan fingerprint density at radius 1 is 1.30 bits per heavy atom. The van der Waals surface area contributed by atoms with Crippen molar-refractivity contribution in [3.05, 3.63) is 24.5 Å². The topological polar surface area (TPSA) is 61.3 Å². The lowest BCUT2D eigenvalue weighted by Gasteiger charge is -2.32. The molecule has 1 atom stereocenters. The third-order valence-corrected chi connectivity index (χ3v) is 4.11. The first-order chi connectivity index (χ1) is 9.85. The van der Waals surface area contributed by atoms with Crippen LogP contribution < -0.4 is 10.2 Å². The van der Waals surface area contributed by atoms with Gasteiger partial charge in [-0.1, -0.05) is 12.2 Å². The van der Waals surface area contributed by atoms with Crippen LogP contribution >= 0.6 is 0 Å². The standard InChI is InChI=1S/C15H22N4O/c20-10-12-4-3-7-19(9-12)15-8-14(16-11-17-15)18-13-5-1-2-6-13/h1-2,8,11-13,20H,3-7,9-10H2,(H,16,17,18). The fourth-order valence-electron chi connectivity index (χ4n) is 2.97. The number of rotatable bonds is 4. The van der Waals surface area contributed by atoms with Crippen molar-refractivity contribution in [3.8, 4) is 0 Å². The maximum absolute atomic E-state index is 9.32. The zero-order valence-corrected chi connectivity index (χ0v) is 11.7. The molecular weight excluding hydrogens is 252 g/mol. The Kier molecular flexibility index (Phi) is 4.16. The van der Waals surface area contributed by atoms with E-state index in [4.69, 9.17) is 0 Å². The van der Waals surface area contributed by atoms with Gasteiger partial charge in [0.2, 0.25) is 0 Å². The summed E-state index contributed by atoms with van der Waals surface area (Å²) < 4.78 is 0. The predicted octanol–water partition coefficient (Wildman–Crippen LogP) is 1.82. The molecule has 1 aromatic heterocycles. The minimum absolute atomic E-state index is 0.264. The summed E-state index contributed by atoms with van der Waals surface area (Å²) in [4.78, 5) is 10.9. The highest BCUT2D eigenvalue weighted by atomic mass is 16.3. The van der Waals surface area contributed by atoms with E-state index in [1.54, 1.807) is 6.33 Å². The van der Waals surface area contributed by atoms with E-state index < -0.39 is 0 Å². The SMILES string of the molecule is OCC1CCCN(c2cc(NC3CC=CC3)ncn2)C1. The van der Waals surface area contributed by atoms with Crippen LogP contribution in [-0.4, -0.2) is 40.8 Å². The van der Waals surface area contributed by atoms with Gasteiger partial charge in [0.25, 0.3) is 0 Å². The Morgan fingerprint density at radius 3 is 2.95 bits per heavy atom. The highest BCUT2D eigenvalue weighted by Crippen LogP contribution is 2.23. The molecule has 0 spiro atoms. The molecule has 1 fully saturated rings. The van der Waals surface area contributed by atoms with Gasteiger partial charge in [0, 0.05) is 31.8 Å². The van der Waals surface area contributed by atoms with Crippen molar-refractivity contribution in [2.75, 3.05) is 29.9 Å². The molecule has 2 N–H and O–H groups in total. The molecule has 1 aromatic rings. The number of aliphatic hydroxyl groups is 1. The summed E-state index contributed by atoms with van der Waals surface area (Å²) in [5, 5.41) is 12.8. The lowest BCUT2D eigenvalue weighted by Crippen LogP contribution is -2.37. The van der Waals surface area contributed by atoms with Crippen LogP contribution in [0.3, 0.4) is 0 Å². The monoisotopic (exact) mass is 274 g/mol. The zero-order chi connectivity index (χ0) is 13.8. The minimum atomic E-state index is 0.264. The smallest absolute Gasteiger partial charge is 0.134 e. The maximum Gasteiger partial charge on any atom is 0.134 e. The molecule has 3 rings (SSSR count). The summed E-state index contributed by atoms with van der Waals surface area (Å²) in [6.07, 6.45) is 10.4. The van der Waals surface area contributed by atoms with E-state index in [0.29, 0.717) is 12.0 Å². The van der Waals surface area contributed by atoms with E-state index in [0.717, 1.165) is 50.4 Å². The van der Waals surface area contributed by atoms with Gasteiger partial charge in [-0.25, -0.2) is 9.97 Å². The van der Waals surface area contributed by atoms with E-state index >= 15 is 0 Å². The molecule has 0 aromatic carbocycles. The first-order valence-electron chi connectivity index (χ1n) is 7.44. The van der Waals surface area contributed by atoms with Gasteiger partial charge in [-0.15, -0.1) is 0 Å². The molecule has 108 valence electrons. The van der Waals surface area contributed by atoms with Gasteiger partial charge in [-0.2, -0.15) is 0 Å². The average molecular weight is 274 g/mol. The second-order valence-corrected chi connectivity index (χ2v) is 5.68. The van der Waals surface area contributed by atoms with Crippen molar-refractivity contribution >= 4 is 11.6 Å². The van der Waals surface area contributed by atoms with Gasteiger partial charge >= 0.3 is 0 Å². The molecule has 0 saturated carbocycles. The van der Waals surface area contributed by atoms with Gasteiger partial charge < -0.3 is 15.3 Å². The predicted molar refractivity (Wildman–Crippen MR) is 79.8 cm³/mol. The largest absolute Gasteiger partial charge is 0.396 e. The van der Waals surface area contributed by atoms with Crippen LogP contribution in [0.1, 0.15) is 25.7 Å². The summed E-state index contributed by atoms with van der Waals surface area (Å²) in [6, 6.07) is 2.49. The zero-order valence-electron chi connectivity index (χ0n) is 11.7. The van der Waals surface area contributed by atoms with Crippen molar-refractivity contribution in [1.82, 2.24) is 9.97 Å². The van der Waals surface area contributed by atoms with Gasteiger partial charge in [0.1, 0.15) is 18.0 Å². The van der Waals surface area contributed by atoms with Crippen molar-refractivity contribution in [3.63, 3.8) is 0 Å². The number of hydrogen-bond acceptors (Lipinski definition) is 5. The number of nitrogens with zero attached hydrogens (tertiary/aromatic N) is 3. The summed E-state index contributed by atoms with van der Waals surface area (Å²) in [5.74, 6) is 2.23. The van der Waals surface area contributed by atoms with Crippen molar-refractivity contribution in [2.45, 2.75) is 31.7 Å². The molecule has 0 amide bonds. The number of aliphatic hydroxyl groups excluding tert-OH is 1. The van der Waals surface area contributed by atoms with E-state index in [1.165, 1.54) is 0 Å². The number of hydrogen-bond donors (Lipinski definition) is 2. The Bertz CT molecular complexity index is 469. The first-order valence-corrected chi connectivity index (χ1v) is 7.44. The van der Waals surface area contributed by atoms with Crippen LogP contribution in [0.25, 0.3) is 0 Å². The Balaban J connectivity index is 1.67. The van der Waals surface area contributed by atoms with E-state index in [2.05, 4.69) is 32.3 Å². The number of piperidine rings is 1. The fourth-order valence-corrected chi connectivity index (χ4v) is 2.97. The van der Waals surface area contributed by atoms with Crippen molar-refractivity contribution < 1.29 is 5.11 Å². The van der Waals surface area contributed by atoms with Crippen molar-refractivity contribution in [2.24, 2.45) is 5.92 Å². The molecule has 2 heterocycles. The highest BCUT2D eigenvalue weighted by Gasteiger charge is 2.20. The lowest BCUT2D eigenvalue weighted by molar-refractivity contribution is 0.208. The molecule has 5 heteroatoms.